The van der Waals surface area contributed by atoms with E-state index in [1.165, 1.54) is 13.0 Å². The van der Waals surface area contributed by atoms with Crippen molar-refractivity contribution in [2.75, 3.05) is 0 Å². The van der Waals surface area contributed by atoms with Crippen LogP contribution in [0.5, 0.6) is 0 Å². The van der Waals surface area contributed by atoms with Crippen molar-refractivity contribution < 1.29 is 8.81 Å². The van der Waals surface area contributed by atoms with Crippen LogP contribution in [0.4, 0.5) is 4.39 Å². The van der Waals surface area contributed by atoms with E-state index in [9.17, 15) is 9.18 Å². The zero-order valence-electron chi connectivity index (χ0n) is 7.17. The van der Waals surface area contributed by atoms with E-state index in [1.54, 1.807) is 0 Å². The SMILES string of the molecule is Cc1nc2ccc(F)c(Cl)c2c(=O)o1. The first-order valence-corrected chi connectivity index (χ1v) is 4.23. The second-order valence-corrected chi connectivity index (χ2v) is 3.15. The number of rotatable bonds is 0. The van der Waals surface area contributed by atoms with E-state index in [2.05, 4.69) is 4.98 Å². The number of hydrogen-bond donors (Lipinski definition) is 0. The fourth-order valence-corrected chi connectivity index (χ4v) is 1.44. The summed E-state index contributed by atoms with van der Waals surface area (Å²) < 4.78 is 17.7. The van der Waals surface area contributed by atoms with Gasteiger partial charge in [-0.2, -0.15) is 0 Å². The Kier molecular flexibility index (Phi) is 2.00. The van der Waals surface area contributed by atoms with Crippen molar-refractivity contribution in [1.29, 1.82) is 0 Å². The van der Waals surface area contributed by atoms with Crippen LogP contribution in [0.2, 0.25) is 5.02 Å². The molecule has 1 aromatic carbocycles. The van der Waals surface area contributed by atoms with Crippen molar-refractivity contribution in [3.8, 4) is 0 Å². The Bertz CT molecular complexity index is 564. The molecule has 0 aliphatic rings. The summed E-state index contributed by atoms with van der Waals surface area (Å²) in [7, 11) is 0. The molecule has 0 saturated heterocycles. The highest BCUT2D eigenvalue weighted by molar-refractivity contribution is 6.35. The molecule has 14 heavy (non-hydrogen) atoms. The number of nitrogens with zero attached hydrogens (tertiary/aromatic N) is 1. The largest absolute Gasteiger partial charge is 0.408 e. The van der Waals surface area contributed by atoms with Crippen LogP contribution in [0.1, 0.15) is 5.89 Å². The van der Waals surface area contributed by atoms with Crippen molar-refractivity contribution in [1.82, 2.24) is 4.98 Å². The van der Waals surface area contributed by atoms with E-state index in [0.29, 0.717) is 5.52 Å². The molecule has 0 fully saturated rings. The molecule has 0 aliphatic carbocycles. The summed E-state index contributed by atoms with van der Waals surface area (Å²) in [5.41, 5.74) is -0.331. The molecule has 0 spiro atoms. The summed E-state index contributed by atoms with van der Waals surface area (Å²) in [6.07, 6.45) is 0. The van der Waals surface area contributed by atoms with Crippen LogP contribution in [0.25, 0.3) is 10.9 Å². The van der Waals surface area contributed by atoms with Crippen LogP contribution in [0.15, 0.2) is 21.3 Å². The minimum atomic E-state index is -0.669. The van der Waals surface area contributed by atoms with Crippen molar-refractivity contribution >= 4 is 22.5 Å². The van der Waals surface area contributed by atoms with Crippen molar-refractivity contribution in [3.63, 3.8) is 0 Å². The Morgan fingerprint density at radius 1 is 1.50 bits per heavy atom. The summed E-state index contributed by atoms with van der Waals surface area (Å²) in [4.78, 5) is 15.2. The van der Waals surface area contributed by atoms with E-state index >= 15 is 0 Å². The van der Waals surface area contributed by atoms with Gasteiger partial charge < -0.3 is 4.42 Å². The minimum Gasteiger partial charge on any atom is -0.408 e. The summed E-state index contributed by atoms with van der Waals surface area (Å²) in [6.45, 7) is 1.54. The fourth-order valence-electron chi connectivity index (χ4n) is 1.21. The Hall–Kier alpha value is -1.42. The van der Waals surface area contributed by atoms with Gasteiger partial charge >= 0.3 is 5.63 Å². The third kappa shape index (κ3) is 1.28. The second kappa shape index (κ2) is 3.06. The molecule has 0 bridgehead atoms. The second-order valence-electron chi connectivity index (χ2n) is 2.78. The maximum Gasteiger partial charge on any atom is 0.348 e. The van der Waals surface area contributed by atoms with Gasteiger partial charge in [-0.05, 0) is 12.1 Å². The predicted octanol–water partition coefficient (Wildman–Crippen LogP) is 2.29. The molecule has 0 radical (unpaired) electrons. The Labute approximate surface area is 83.1 Å². The first kappa shape index (κ1) is 9.15. The van der Waals surface area contributed by atoms with Gasteiger partial charge in [-0.1, -0.05) is 11.6 Å². The monoisotopic (exact) mass is 213 g/mol. The van der Waals surface area contributed by atoms with Crippen LogP contribution < -0.4 is 5.63 Å². The molecule has 2 aromatic rings. The topological polar surface area (TPSA) is 43.1 Å². The van der Waals surface area contributed by atoms with Crippen molar-refractivity contribution in [2.45, 2.75) is 6.92 Å². The van der Waals surface area contributed by atoms with E-state index in [0.717, 1.165) is 6.07 Å². The Morgan fingerprint density at radius 2 is 2.21 bits per heavy atom. The van der Waals surface area contributed by atoms with E-state index in [1.807, 2.05) is 0 Å². The number of aryl methyl sites for hydroxylation is 1. The molecule has 0 unspecified atom stereocenters. The van der Waals surface area contributed by atoms with Crippen LogP contribution in [-0.2, 0) is 0 Å². The maximum atomic E-state index is 13.0. The fraction of sp³-hybridized carbons (Fsp3) is 0.111. The molecule has 0 amide bonds. The normalized spacial score (nSPS) is 10.8. The van der Waals surface area contributed by atoms with Gasteiger partial charge in [0, 0.05) is 6.92 Å². The molecule has 0 atom stereocenters. The van der Waals surface area contributed by atoms with E-state index in [-0.39, 0.29) is 16.3 Å². The van der Waals surface area contributed by atoms with Crippen molar-refractivity contribution in [3.05, 3.63) is 39.3 Å². The number of aromatic nitrogens is 1. The first-order chi connectivity index (χ1) is 6.59. The lowest BCUT2D eigenvalue weighted by Crippen LogP contribution is -2.04. The van der Waals surface area contributed by atoms with Gasteiger partial charge in [0.05, 0.1) is 10.5 Å². The average molecular weight is 214 g/mol. The lowest BCUT2D eigenvalue weighted by atomic mass is 10.2. The lowest BCUT2D eigenvalue weighted by Gasteiger charge is -1.99. The van der Waals surface area contributed by atoms with Gasteiger partial charge in [0.25, 0.3) is 0 Å². The Morgan fingerprint density at radius 3 is 2.93 bits per heavy atom. The highest BCUT2D eigenvalue weighted by atomic mass is 35.5. The van der Waals surface area contributed by atoms with Crippen molar-refractivity contribution in [2.24, 2.45) is 0 Å². The van der Waals surface area contributed by atoms with Gasteiger partial charge in [-0.3, -0.25) is 0 Å². The molecule has 0 aliphatic heterocycles. The number of hydrogen-bond acceptors (Lipinski definition) is 3. The molecular weight excluding hydrogens is 209 g/mol. The molecule has 5 heteroatoms. The minimum absolute atomic E-state index is 0.0164. The van der Waals surface area contributed by atoms with Gasteiger partial charge in [-0.25, -0.2) is 14.2 Å². The molecule has 0 saturated carbocycles. The highest BCUT2D eigenvalue weighted by Crippen LogP contribution is 2.22. The molecule has 2 rings (SSSR count). The van der Waals surface area contributed by atoms with Gasteiger partial charge in [0.1, 0.15) is 11.2 Å². The zero-order valence-corrected chi connectivity index (χ0v) is 7.93. The summed E-state index contributed by atoms with van der Waals surface area (Å²) in [5.74, 6) is -0.428. The number of fused-ring (bicyclic) bond motifs is 1. The lowest BCUT2D eigenvalue weighted by molar-refractivity contribution is 0.466. The number of halogens is 2. The van der Waals surface area contributed by atoms with Gasteiger partial charge in [0.2, 0.25) is 0 Å². The third-order valence-electron chi connectivity index (χ3n) is 1.80. The first-order valence-electron chi connectivity index (χ1n) is 3.85. The smallest absolute Gasteiger partial charge is 0.348 e. The molecule has 1 aromatic heterocycles. The van der Waals surface area contributed by atoms with Crippen LogP contribution in [0, 0.1) is 12.7 Å². The quantitative estimate of drug-likeness (QED) is 0.674. The average Bonchev–Trinajstić information content (AvgIpc) is 2.10. The highest BCUT2D eigenvalue weighted by Gasteiger charge is 2.11. The molecule has 3 nitrogen and oxygen atoms in total. The molecule has 1 heterocycles. The van der Waals surface area contributed by atoms with E-state index < -0.39 is 11.4 Å². The third-order valence-corrected chi connectivity index (χ3v) is 2.16. The van der Waals surface area contributed by atoms with Crippen LogP contribution >= 0.6 is 11.6 Å². The van der Waals surface area contributed by atoms with Crippen LogP contribution in [-0.4, -0.2) is 4.98 Å². The predicted molar refractivity (Wildman–Crippen MR) is 50.0 cm³/mol. The summed E-state index contributed by atoms with van der Waals surface area (Å²) >= 11 is 5.61. The van der Waals surface area contributed by atoms with Gasteiger partial charge in [-0.15, -0.1) is 0 Å². The molecular formula is C9H5ClFNO2. The van der Waals surface area contributed by atoms with Crippen LogP contribution in [0.3, 0.4) is 0 Å². The zero-order chi connectivity index (χ0) is 10.3. The van der Waals surface area contributed by atoms with E-state index in [4.69, 9.17) is 16.0 Å². The van der Waals surface area contributed by atoms with Gasteiger partial charge in [0.15, 0.2) is 5.89 Å². The maximum absolute atomic E-state index is 13.0. The Balaban J connectivity index is 3.03. The molecule has 0 N–H and O–H groups in total. The summed E-state index contributed by atoms with van der Waals surface area (Å²) in [5, 5.41) is -0.263. The molecule has 72 valence electrons. The standard InChI is InChI=1S/C9H5ClFNO2/c1-4-12-6-3-2-5(11)8(10)7(6)9(13)14-4/h2-3H,1H3. The summed E-state index contributed by atoms with van der Waals surface area (Å²) in [6, 6.07) is 2.55. The number of benzene rings is 1.